The number of fused-ring (bicyclic) bond motifs is 5. The van der Waals surface area contributed by atoms with E-state index in [1.807, 2.05) is 0 Å². The Morgan fingerprint density at radius 1 is 1.12 bits per heavy atom. The Morgan fingerprint density at radius 2 is 1.84 bits per heavy atom. The molecule has 162 valence electrons. The molecule has 0 radical (unpaired) electrons. The van der Waals surface area contributed by atoms with Gasteiger partial charge in [0, 0.05) is 11.5 Å². The largest absolute Gasteiger partial charge is 0.493 e. The highest BCUT2D eigenvalue weighted by molar-refractivity contribution is 8.04. The normalized spacial score (nSPS) is 24.0. The molecule has 0 unspecified atom stereocenters. The van der Waals surface area contributed by atoms with Crippen molar-refractivity contribution in [3.8, 4) is 11.5 Å². The van der Waals surface area contributed by atoms with Crippen LogP contribution in [0.5, 0.6) is 11.5 Å². The molecule has 3 N–H and O–H groups in total. The number of ether oxygens (including phenoxy) is 2. The van der Waals surface area contributed by atoms with E-state index in [4.69, 9.17) is 20.3 Å². The third kappa shape index (κ3) is 2.72. The van der Waals surface area contributed by atoms with Gasteiger partial charge < -0.3 is 20.3 Å². The Hall–Kier alpha value is -3.79. The lowest BCUT2D eigenvalue weighted by atomic mass is 9.77. The smallest absolute Gasteiger partial charge is 0.342 e. The van der Waals surface area contributed by atoms with Gasteiger partial charge in [-0.1, -0.05) is 23.9 Å². The van der Waals surface area contributed by atoms with Crippen molar-refractivity contribution in [1.82, 2.24) is 0 Å². The Kier molecular flexibility index (Phi) is 4.48. The van der Waals surface area contributed by atoms with Crippen LogP contribution in [0, 0.1) is 5.92 Å². The third-order valence-electron chi connectivity index (χ3n) is 5.84. The summed E-state index contributed by atoms with van der Waals surface area (Å²) in [6.45, 7) is 0. The molecule has 9 nitrogen and oxygen atoms in total. The molecule has 2 aromatic carbocycles. The molecule has 0 aromatic heterocycles. The number of hydrogen-bond acceptors (Lipinski definition) is 8. The van der Waals surface area contributed by atoms with Crippen molar-refractivity contribution in [2.24, 2.45) is 11.7 Å². The highest BCUT2D eigenvalue weighted by atomic mass is 32.2. The van der Waals surface area contributed by atoms with E-state index in [-0.39, 0.29) is 27.6 Å². The van der Waals surface area contributed by atoms with E-state index >= 15 is 0 Å². The van der Waals surface area contributed by atoms with Crippen LogP contribution >= 0.6 is 11.8 Å². The van der Waals surface area contributed by atoms with Crippen LogP contribution in [0.4, 0.5) is 5.69 Å². The molecule has 0 saturated carbocycles. The molecule has 3 aliphatic rings. The number of nitrogens with two attached hydrogens (primary N) is 1. The molecular formula is C22H16N2O7S. The number of hydrogen-bond donors (Lipinski definition) is 2. The summed E-state index contributed by atoms with van der Waals surface area (Å²) in [4.78, 5) is 51.8. The number of carbonyl (C=O) groups is 4. The van der Waals surface area contributed by atoms with E-state index < -0.39 is 40.8 Å². The van der Waals surface area contributed by atoms with Crippen molar-refractivity contribution in [3.05, 3.63) is 64.2 Å². The van der Waals surface area contributed by atoms with Gasteiger partial charge in [0.1, 0.15) is 5.25 Å². The first-order valence-electron chi connectivity index (χ1n) is 9.60. The lowest BCUT2D eigenvalue weighted by Gasteiger charge is -2.36. The average molecular weight is 452 g/mol. The van der Waals surface area contributed by atoms with Crippen LogP contribution in [0.25, 0.3) is 0 Å². The zero-order valence-electron chi connectivity index (χ0n) is 16.6. The fourth-order valence-corrected chi connectivity index (χ4v) is 5.66. The zero-order chi connectivity index (χ0) is 22.7. The summed E-state index contributed by atoms with van der Waals surface area (Å²) < 4.78 is 10.8. The molecule has 0 bridgehead atoms. The van der Waals surface area contributed by atoms with Crippen LogP contribution in [0.3, 0.4) is 0 Å². The summed E-state index contributed by atoms with van der Waals surface area (Å²) >= 11 is 0.968. The summed E-state index contributed by atoms with van der Waals surface area (Å²) in [7, 11) is 1.44. The molecule has 32 heavy (non-hydrogen) atoms. The predicted molar refractivity (Wildman–Crippen MR) is 113 cm³/mol. The quantitative estimate of drug-likeness (QED) is 0.406. The zero-order valence-corrected chi connectivity index (χ0v) is 17.4. The van der Waals surface area contributed by atoms with Gasteiger partial charge in [-0.05, 0) is 30.3 Å². The number of nitrogens with zero attached hydrogens (tertiary/aromatic N) is 1. The van der Waals surface area contributed by atoms with Crippen molar-refractivity contribution in [3.63, 3.8) is 0 Å². The average Bonchev–Trinajstić information content (AvgIpc) is 3.02. The van der Waals surface area contributed by atoms with Gasteiger partial charge in [-0.15, -0.1) is 0 Å². The van der Waals surface area contributed by atoms with Crippen molar-refractivity contribution < 1.29 is 33.8 Å². The topological polar surface area (TPSA) is 136 Å². The van der Waals surface area contributed by atoms with E-state index in [0.717, 1.165) is 16.7 Å². The SMILES string of the molecule is COc1cccc2c1OC(=O)C1=C(N)S[C@@H]3C(=O)N(c4ccc(C(=O)O)cc4)C(=O)[C@H]3[C@H]12. The highest BCUT2D eigenvalue weighted by Crippen LogP contribution is 2.55. The van der Waals surface area contributed by atoms with Crippen LogP contribution in [-0.2, 0) is 14.4 Å². The van der Waals surface area contributed by atoms with Gasteiger partial charge in [0.05, 0.1) is 34.9 Å². The Balaban J connectivity index is 1.62. The maximum atomic E-state index is 13.5. The van der Waals surface area contributed by atoms with Crippen molar-refractivity contribution in [1.29, 1.82) is 0 Å². The molecule has 3 aliphatic heterocycles. The lowest BCUT2D eigenvalue weighted by molar-refractivity contribution is -0.132. The number of carbonyl (C=O) groups excluding carboxylic acids is 3. The second kappa shape index (κ2) is 7.13. The molecule has 1 saturated heterocycles. The Morgan fingerprint density at radius 3 is 2.50 bits per heavy atom. The number of carboxylic acid groups (broad SMARTS) is 1. The fraction of sp³-hybridized carbons (Fsp3) is 0.182. The van der Waals surface area contributed by atoms with Gasteiger partial charge in [-0.3, -0.25) is 9.59 Å². The molecule has 0 spiro atoms. The molecular weight excluding hydrogens is 436 g/mol. The summed E-state index contributed by atoms with van der Waals surface area (Å²) in [6, 6.07) is 10.5. The number of rotatable bonds is 3. The number of imide groups is 1. The summed E-state index contributed by atoms with van der Waals surface area (Å²) in [6.07, 6.45) is 0. The molecule has 5 rings (SSSR count). The van der Waals surface area contributed by atoms with Gasteiger partial charge in [-0.25, -0.2) is 14.5 Å². The number of aromatic carboxylic acids is 1. The van der Waals surface area contributed by atoms with Gasteiger partial charge >= 0.3 is 11.9 Å². The monoisotopic (exact) mass is 452 g/mol. The Bertz CT molecular complexity index is 1240. The van der Waals surface area contributed by atoms with E-state index in [1.54, 1.807) is 18.2 Å². The van der Waals surface area contributed by atoms with Crippen molar-refractivity contribution in [2.75, 3.05) is 12.0 Å². The predicted octanol–water partition coefficient (Wildman–Crippen LogP) is 1.87. The maximum Gasteiger partial charge on any atom is 0.342 e. The van der Waals surface area contributed by atoms with Gasteiger partial charge in [0.15, 0.2) is 11.5 Å². The van der Waals surface area contributed by atoms with Crippen LogP contribution in [0.1, 0.15) is 21.8 Å². The van der Waals surface area contributed by atoms with Crippen LogP contribution < -0.4 is 20.1 Å². The molecule has 10 heteroatoms. The summed E-state index contributed by atoms with van der Waals surface area (Å²) in [5.74, 6) is -3.88. The third-order valence-corrected chi connectivity index (χ3v) is 7.06. The van der Waals surface area contributed by atoms with E-state index in [9.17, 15) is 19.2 Å². The number of benzene rings is 2. The second-order valence-corrected chi connectivity index (χ2v) is 8.64. The highest BCUT2D eigenvalue weighted by Gasteiger charge is 2.58. The standard InChI is InChI=1S/C22H16N2O7S/c1-30-12-4-2-3-11-13-14-17(32-18(23)15(13)22(29)31-16(11)12)20(26)24(19(14)25)10-7-5-9(6-8-10)21(27)28/h2-8,13-14,17H,23H2,1H3,(H,27,28)/t13-,14+,17+/m1/s1. The van der Waals surface area contributed by atoms with E-state index in [0.29, 0.717) is 11.3 Å². The number of amides is 2. The van der Waals surface area contributed by atoms with Crippen LogP contribution in [-0.4, -0.2) is 41.2 Å². The number of para-hydroxylation sites is 1. The molecule has 2 amide bonds. The Labute approximate surface area is 185 Å². The van der Waals surface area contributed by atoms with Gasteiger partial charge in [0.25, 0.3) is 0 Å². The first-order chi connectivity index (χ1) is 15.3. The second-order valence-electron chi connectivity index (χ2n) is 7.45. The molecule has 1 fully saturated rings. The number of carboxylic acids is 1. The minimum absolute atomic E-state index is 0.0314. The van der Waals surface area contributed by atoms with Crippen LogP contribution in [0.15, 0.2) is 53.1 Å². The van der Waals surface area contributed by atoms with Gasteiger partial charge in [0.2, 0.25) is 11.8 Å². The molecule has 3 heterocycles. The van der Waals surface area contributed by atoms with Crippen molar-refractivity contribution >= 4 is 41.2 Å². The summed E-state index contributed by atoms with van der Waals surface area (Å²) in [5, 5.41) is 8.41. The maximum absolute atomic E-state index is 13.5. The number of methoxy groups -OCH3 is 1. The number of esters is 1. The number of anilines is 1. The van der Waals surface area contributed by atoms with Gasteiger partial charge in [-0.2, -0.15) is 0 Å². The van der Waals surface area contributed by atoms with Crippen LogP contribution in [0.2, 0.25) is 0 Å². The minimum atomic E-state index is -1.12. The summed E-state index contributed by atoms with van der Waals surface area (Å²) in [5.41, 5.74) is 7.15. The number of thioether (sulfide) groups is 1. The first-order valence-corrected chi connectivity index (χ1v) is 10.5. The minimum Gasteiger partial charge on any atom is -0.493 e. The van der Waals surface area contributed by atoms with E-state index in [1.165, 1.54) is 31.4 Å². The molecule has 2 aromatic rings. The molecule has 3 atom stereocenters. The van der Waals surface area contributed by atoms with Crippen molar-refractivity contribution in [2.45, 2.75) is 11.2 Å². The fourth-order valence-electron chi connectivity index (χ4n) is 4.42. The lowest BCUT2D eigenvalue weighted by Crippen LogP contribution is -2.39. The molecule has 0 aliphatic carbocycles. The first kappa shape index (κ1) is 20.1. The van der Waals surface area contributed by atoms with E-state index in [2.05, 4.69) is 0 Å².